The molecular formula is C12H19NO2. The third-order valence-corrected chi connectivity index (χ3v) is 3.13. The van der Waals surface area contributed by atoms with Crippen molar-refractivity contribution >= 4 is 5.97 Å². The van der Waals surface area contributed by atoms with Gasteiger partial charge >= 0.3 is 5.97 Å². The quantitative estimate of drug-likeness (QED) is 0.666. The van der Waals surface area contributed by atoms with Crippen molar-refractivity contribution in [1.82, 2.24) is 4.90 Å². The summed E-state index contributed by atoms with van der Waals surface area (Å²) in [6.07, 6.45) is 7.28. The van der Waals surface area contributed by atoms with E-state index in [4.69, 9.17) is 4.74 Å². The monoisotopic (exact) mass is 209 g/mol. The second kappa shape index (κ2) is 4.69. The summed E-state index contributed by atoms with van der Waals surface area (Å²) >= 11 is 0. The predicted octanol–water partition coefficient (Wildman–Crippen LogP) is 2.08. The van der Waals surface area contributed by atoms with Gasteiger partial charge in [-0.15, -0.1) is 0 Å². The molecule has 2 heterocycles. The van der Waals surface area contributed by atoms with Gasteiger partial charge in [0.2, 0.25) is 0 Å². The Bertz CT molecular complexity index is 267. The lowest BCUT2D eigenvalue weighted by molar-refractivity contribution is -0.145. The van der Waals surface area contributed by atoms with E-state index in [1.54, 1.807) is 6.08 Å². The van der Waals surface area contributed by atoms with Crippen LogP contribution in [0.15, 0.2) is 11.8 Å². The van der Waals surface area contributed by atoms with Crippen molar-refractivity contribution in [2.75, 3.05) is 13.1 Å². The molecule has 0 aliphatic carbocycles. The van der Waals surface area contributed by atoms with E-state index in [1.807, 2.05) is 0 Å². The highest BCUT2D eigenvalue weighted by Crippen LogP contribution is 2.25. The zero-order valence-electron chi connectivity index (χ0n) is 9.37. The van der Waals surface area contributed by atoms with Gasteiger partial charge in [-0.2, -0.15) is 0 Å². The van der Waals surface area contributed by atoms with E-state index in [0.29, 0.717) is 0 Å². The minimum atomic E-state index is -0.151. The second-order valence-electron chi connectivity index (χ2n) is 4.38. The zero-order chi connectivity index (χ0) is 10.7. The number of rotatable bonds is 3. The molecule has 1 saturated heterocycles. The Hall–Kier alpha value is -0.990. The first-order valence-electron chi connectivity index (χ1n) is 5.95. The summed E-state index contributed by atoms with van der Waals surface area (Å²) in [5.74, 6) is -0.151. The number of hydrogen-bond acceptors (Lipinski definition) is 3. The molecule has 3 nitrogen and oxygen atoms in total. The maximum absolute atomic E-state index is 11.4. The summed E-state index contributed by atoms with van der Waals surface area (Å²) in [4.78, 5) is 13.7. The average molecular weight is 209 g/mol. The van der Waals surface area contributed by atoms with Crippen molar-refractivity contribution in [3.05, 3.63) is 11.8 Å². The van der Waals surface area contributed by atoms with Gasteiger partial charge < -0.3 is 9.64 Å². The normalized spacial score (nSPS) is 26.5. The van der Waals surface area contributed by atoms with Crippen molar-refractivity contribution in [1.29, 1.82) is 0 Å². The van der Waals surface area contributed by atoms with Crippen LogP contribution in [0.4, 0.5) is 0 Å². The van der Waals surface area contributed by atoms with Gasteiger partial charge in [-0.05, 0) is 19.3 Å². The minimum absolute atomic E-state index is 0.114. The van der Waals surface area contributed by atoms with Crippen LogP contribution >= 0.6 is 0 Å². The van der Waals surface area contributed by atoms with Gasteiger partial charge in [-0.25, -0.2) is 4.79 Å². The van der Waals surface area contributed by atoms with E-state index in [1.165, 1.54) is 18.5 Å². The van der Waals surface area contributed by atoms with Crippen LogP contribution in [0.25, 0.3) is 0 Å². The lowest BCUT2D eigenvalue weighted by atomic mass is 10.1. The number of hydrogen-bond donors (Lipinski definition) is 0. The van der Waals surface area contributed by atoms with Gasteiger partial charge in [0.1, 0.15) is 6.10 Å². The number of carbonyl (C=O) groups excluding carboxylic acids is 1. The summed E-state index contributed by atoms with van der Waals surface area (Å²) in [6, 6.07) is 0. The number of ether oxygens (including phenoxy) is 1. The SMILES string of the molecule is CCCC1CC(N2CCCC2)=CC(=O)O1. The van der Waals surface area contributed by atoms with E-state index in [2.05, 4.69) is 11.8 Å². The van der Waals surface area contributed by atoms with Crippen LogP contribution in [0.2, 0.25) is 0 Å². The molecular weight excluding hydrogens is 190 g/mol. The third kappa shape index (κ3) is 2.52. The van der Waals surface area contributed by atoms with E-state index >= 15 is 0 Å². The largest absolute Gasteiger partial charge is 0.459 e. The molecule has 84 valence electrons. The Morgan fingerprint density at radius 1 is 1.47 bits per heavy atom. The van der Waals surface area contributed by atoms with Crippen molar-refractivity contribution in [3.8, 4) is 0 Å². The van der Waals surface area contributed by atoms with Gasteiger partial charge in [0.05, 0.1) is 0 Å². The minimum Gasteiger partial charge on any atom is -0.459 e. The molecule has 3 heteroatoms. The molecule has 0 bridgehead atoms. The molecule has 0 aromatic heterocycles. The molecule has 2 aliphatic heterocycles. The van der Waals surface area contributed by atoms with Gasteiger partial charge in [0, 0.05) is 31.3 Å². The fraction of sp³-hybridized carbons (Fsp3) is 0.750. The molecule has 15 heavy (non-hydrogen) atoms. The van der Waals surface area contributed by atoms with Crippen LogP contribution in [0.5, 0.6) is 0 Å². The zero-order valence-corrected chi connectivity index (χ0v) is 9.37. The first-order chi connectivity index (χ1) is 7.29. The van der Waals surface area contributed by atoms with Gasteiger partial charge in [0.15, 0.2) is 0 Å². The van der Waals surface area contributed by atoms with E-state index in [9.17, 15) is 4.79 Å². The van der Waals surface area contributed by atoms with Crippen molar-refractivity contribution in [2.45, 2.75) is 45.1 Å². The summed E-state index contributed by atoms with van der Waals surface area (Å²) < 4.78 is 5.27. The number of cyclic esters (lactones) is 1. The summed E-state index contributed by atoms with van der Waals surface area (Å²) in [5.41, 5.74) is 1.20. The molecule has 1 atom stereocenters. The maximum atomic E-state index is 11.4. The van der Waals surface area contributed by atoms with Crippen molar-refractivity contribution in [2.24, 2.45) is 0 Å². The fourth-order valence-electron chi connectivity index (χ4n) is 2.38. The Labute approximate surface area is 91.1 Å². The standard InChI is InChI=1S/C12H19NO2/c1-2-5-11-8-10(9-12(14)15-11)13-6-3-4-7-13/h9,11H,2-8H2,1H3. The van der Waals surface area contributed by atoms with Gasteiger partial charge in [0.25, 0.3) is 0 Å². The molecule has 1 unspecified atom stereocenters. The number of carbonyl (C=O) groups is 1. The van der Waals surface area contributed by atoms with Crippen LogP contribution in [-0.2, 0) is 9.53 Å². The predicted molar refractivity (Wildman–Crippen MR) is 58.3 cm³/mol. The highest BCUT2D eigenvalue weighted by molar-refractivity contribution is 5.83. The Kier molecular flexibility index (Phi) is 3.29. The fourth-order valence-corrected chi connectivity index (χ4v) is 2.38. The Morgan fingerprint density at radius 2 is 2.20 bits per heavy atom. The first kappa shape index (κ1) is 10.5. The topological polar surface area (TPSA) is 29.5 Å². The first-order valence-corrected chi connectivity index (χ1v) is 5.95. The van der Waals surface area contributed by atoms with Crippen molar-refractivity contribution in [3.63, 3.8) is 0 Å². The number of likely N-dealkylation sites (tertiary alicyclic amines) is 1. The second-order valence-corrected chi connectivity index (χ2v) is 4.38. The van der Waals surface area contributed by atoms with Gasteiger partial charge in [-0.1, -0.05) is 13.3 Å². The smallest absolute Gasteiger partial charge is 0.332 e. The van der Waals surface area contributed by atoms with Crippen LogP contribution < -0.4 is 0 Å². The molecule has 2 aliphatic rings. The molecule has 0 amide bonds. The highest BCUT2D eigenvalue weighted by Gasteiger charge is 2.25. The van der Waals surface area contributed by atoms with Crippen LogP contribution in [0.3, 0.4) is 0 Å². The molecule has 0 saturated carbocycles. The lowest BCUT2D eigenvalue weighted by Crippen LogP contribution is -2.30. The Morgan fingerprint density at radius 3 is 2.87 bits per heavy atom. The summed E-state index contributed by atoms with van der Waals surface area (Å²) in [5, 5.41) is 0. The summed E-state index contributed by atoms with van der Waals surface area (Å²) in [7, 11) is 0. The molecule has 2 rings (SSSR count). The maximum Gasteiger partial charge on any atom is 0.332 e. The Balaban J connectivity index is 2.00. The highest BCUT2D eigenvalue weighted by atomic mass is 16.5. The molecule has 0 spiro atoms. The van der Waals surface area contributed by atoms with E-state index in [0.717, 1.165) is 32.4 Å². The molecule has 1 fully saturated rings. The van der Waals surface area contributed by atoms with Crippen LogP contribution in [0, 0.1) is 0 Å². The van der Waals surface area contributed by atoms with Crippen molar-refractivity contribution < 1.29 is 9.53 Å². The van der Waals surface area contributed by atoms with Crippen LogP contribution in [0.1, 0.15) is 39.0 Å². The molecule has 0 aromatic carbocycles. The number of nitrogens with zero attached hydrogens (tertiary/aromatic N) is 1. The lowest BCUT2D eigenvalue weighted by Gasteiger charge is -2.28. The van der Waals surface area contributed by atoms with E-state index in [-0.39, 0.29) is 12.1 Å². The van der Waals surface area contributed by atoms with Gasteiger partial charge in [-0.3, -0.25) is 0 Å². The molecule has 0 N–H and O–H groups in total. The average Bonchev–Trinajstić information content (AvgIpc) is 2.70. The number of esters is 1. The van der Waals surface area contributed by atoms with Crippen LogP contribution in [-0.4, -0.2) is 30.1 Å². The van der Waals surface area contributed by atoms with E-state index < -0.39 is 0 Å². The third-order valence-electron chi connectivity index (χ3n) is 3.13. The summed E-state index contributed by atoms with van der Waals surface area (Å²) in [6.45, 7) is 4.34. The molecule has 0 aromatic rings. The molecule has 0 radical (unpaired) electrons.